The summed E-state index contributed by atoms with van der Waals surface area (Å²) in [5.41, 5.74) is 0. The second-order valence-corrected chi connectivity index (χ2v) is 5.02. The van der Waals surface area contributed by atoms with Crippen molar-refractivity contribution < 1.29 is 4.74 Å². The number of nitrogens with one attached hydrogen (secondary N) is 1. The van der Waals surface area contributed by atoms with Gasteiger partial charge >= 0.3 is 6.01 Å². The number of nitrogens with zero attached hydrogens (tertiary/aromatic N) is 4. The summed E-state index contributed by atoms with van der Waals surface area (Å²) in [7, 11) is 3.39. The van der Waals surface area contributed by atoms with Crippen LogP contribution in [0.15, 0.2) is 0 Å². The second kappa shape index (κ2) is 4.59. The summed E-state index contributed by atoms with van der Waals surface area (Å²) in [5.74, 6) is 2.14. The molecule has 0 saturated heterocycles. The molecule has 1 aromatic heterocycles. The van der Waals surface area contributed by atoms with E-state index in [-0.39, 0.29) is 0 Å². The maximum Gasteiger partial charge on any atom is 0.322 e. The first kappa shape index (κ1) is 11.5. The number of hydrogen-bond donors (Lipinski definition) is 1. The molecule has 0 amide bonds. The van der Waals surface area contributed by atoms with Crippen LogP contribution in [0, 0.1) is 5.92 Å². The molecule has 0 spiro atoms. The second-order valence-electron chi connectivity index (χ2n) is 5.02. The normalized spacial score (nSPS) is 18.6. The first-order valence-corrected chi connectivity index (χ1v) is 6.54. The SMILES string of the molecule is CNc1nc(OC)nc(N(CC2CC2)C2CC2)n1. The quantitative estimate of drug-likeness (QED) is 0.820. The van der Waals surface area contributed by atoms with Gasteiger partial charge < -0.3 is 15.0 Å². The van der Waals surface area contributed by atoms with Gasteiger partial charge in [0.15, 0.2) is 0 Å². The van der Waals surface area contributed by atoms with Gasteiger partial charge in [-0.05, 0) is 31.6 Å². The number of anilines is 2. The summed E-state index contributed by atoms with van der Waals surface area (Å²) in [5, 5.41) is 2.96. The van der Waals surface area contributed by atoms with Crippen molar-refractivity contribution in [2.75, 3.05) is 30.9 Å². The van der Waals surface area contributed by atoms with Crippen molar-refractivity contribution in [3.8, 4) is 6.01 Å². The highest BCUT2D eigenvalue weighted by Crippen LogP contribution is 2.36. The molecule has 0 aromatic carbocycles. The van der Waals surface area contributed by atoms with E-state index in [9.17, 15) is 0 Å². The van der Waals surface area contributed by atoms with E-state index in [4.69, 9.17) is 4.74 Å². The number of hydrogen-bond acceptors (Lipinski definition) is 6. The molecule has 2 aliphatic rings. The number of rotatable bonds is 6. The number of methoxy groups -OCH3 is 1. The molecule has 0 radical (unpaired) electrons. The van der Waals surface area contributed by atoms with Crippen LogP contribution in [0.2, 0.25) is 0 Å². The maximum atomic E-state index is 5.14. The third-order valence-electron chi connectivity index (χ3n) is 3.41. The Morgan fingerprint density at radius 1 is 1.22 bits per heavy atom. The lowest BCUT2D eigenvalue weighted by Crippen LogP contribution is -2.30. The fourth-order valence-electron chi connectivity index (χ4n) is 2.04. The molecule has 2 fully saturated rings. The van der Waals surface area contributed by atoms with E-state index in [1.807, 2.05) is 0 Å². The topological polar surface area (TPSA) is 63.2 Å². The van der Waals surface area contributed by atoms with Crippen molar-refractivity contribution in [1.29, 1.82) is 0 Å². The van der Waals surface area contributed by atoms with Gasteiger partial charge in [0.2, 0.25) is 11.9 Å². The summed E-state index contributed by atoms with van der Waals surface area (Å²) in [4.78, 5) is 15.3. The number of aromatic nitrogens is 3. The summed E-state index contributed by atoms with van der Waals surface area (Å²) >= 11 is 0. The average Bonchev–Trinajstić information content (AvgIpc) is 3.28. The van der Waals surface area contributed by atoms with Crippen molar-refractivity contribution in [3.63, 3.8) is 0 Å². The van der Waals surface area contributed by atoms with Crippen molar-refractivity contribution in [1.82, 2.24) is 15.0 Å². The Bertz CT molecular complexity index is 408. The lowest BCUT2D eigenvalue weighted by atomic mass is 10.3. The summed E-state index contributed by atoms with van der Waals surface area (Å²) in [6.07, 6.45) is 5.17. The molecule has 18 heavy (non-hydrogen) atoms. The molecule has 1 heterocycles. The van der Waals surface area contributed by atoms with E-state index in [0.29, 0.717) is 18.0 Å². The highest BCUT2D eigenvalue weighted by molar-refractivity contribution is 5.40. The molecule has 2 saturated carbocycles. The van der Waals surface area contributed by atoms with Gasteiger partial charge in [-0.1, -0.05) is 0 Å². The zero-order valence-corrected chi connectivity index (χ0v) is 10.9. The van der Waals surface area contributed by atoms with E-state index in [1.54, 1.807) is 14.2 Å². The Morgan fingerprint density at radius 2 is 2.00 bits per heavy atom. The first-order valence-electron chi connectivity index (χ1n) is 6.54. The Hall–Kier alpha value is -1.59. The molecular weight excluding hydrogens is 230 g/mol. The molecular formula is C12H19N5O. The average molecular weight is 249 g/mol. The predicted molar refractivity (Wildman–Crippen MR) is 69.0 cm³/mol. The van der Waals surface area contributed by atoms with Gasteiger partial charge in [-0.3, -0.25) is 0 Å². The number of ether oxygens (including phenoxy) is 1. The molecule has 0 aliphatic heterocycles. The van der Waals surface area contributed by atoms with Crippen molar-refractivity contribution >= 4 is 11.9 Å². The minimum absolute atomic E-state index is 0.380. The molecule has 2 aliphatic carbocycles. The van der Waals surface area contributed by atoms with Crippen molar-refractivity contribution in [2.24, 2.45) is 5.92 Å². The summed E-state index contributed by atoms with van der Waals surface area (Å²) in [6, 6.07) is 0.994. The van der Waals surface area contributed by atoms with E-state index in [0.717, 1.165) is 18.4 Å². The van der Waals surface area contributed by atoms with Crippen LogP contribution in [0.4, 0.5) is 11.9 Å². The van der Waals surface area contributed by atoms with Gasteiger partial charge in [-0.15, -0.1) is 0 Å². The van der Waals surface area contributed by atoms with E-state index in [2.05, 4.69) is 25.2 Å². The van der Waals surface area contributed by atoms with Crippen LogP contribution in [0.3, 0.4) is 0 Å². The molecule has 6 nitrogen and oxygen atoms in total. The third kappa shape index (κ3) is 2.47. The molecule has 0 unspecified atom stereocenters. The molecule has 0 atom stereocenters. The Balaban J connectivity index is 1.86. The smallest absolute Gasteiger partial charge is 0.322 e. The fraction of sp³-hybridized carbons (Fsp3) is 0.750. The molecule has 0 bridgehead atoms. The minimum atomic E-state index is 0.380. The van der Waals surface area contributed by atoms with E-state index in [1.165, 1.54) is 25.7 Å². The lowest BCUT2D eigenvalue weighted by Gasteiger charge is -2.22. The van der Waals surface area contributed by atoms with Crippen LogP contribution in [0.25, 0.3) is 0 Å². The van der Waals surface area contributed by atoms with Gasteiger partial charge in [-0.2, -0.15) is 15.0 Å². The monoisotopic (exact) mass is 249 g/mol. The largest absolute Gasteiger partial charge is 0.467 e. The van der Waals surface area contributed by atoms with Gasteiger partial charge in [0, 0.05) is 19.6 Å². The van der Waals surface area contributed by atoms with Gasteiger partial charge in [0.1, 0.15) is 0 Å². The minimum Gasteiger partial charge on any atom is -0.467 e. The lowest BCUT2D eigenvalue weighted by molar-refractivity contribution is 0.378. The van der Waals surface area contributed by atoms with E-state index < -0.39 is 0 Å². The van der Waals surface area contributed by atoms with Crippen LogP contribution in [0.5, 0.6) is 6.01 Å². The van der Waals surface area contributed by atoms with Crippen LogP contribution in [-0.4, -0.2) is 41.7 Å². The first-order chi connectivity index (χ1) is 8.80. The van der Waals surface area contributed by atoms with Gasteiger partial charge in [0.05, 0.1) is 7.11 Å². The highest BCUT2D eigenvalue weighted by atomic mass is 16.5. The zero-order chi connectivity index (χ0) is 12.5. The fourth-order valence-corrected chi connectivity index (χ4v) is 2.04. The van der Waals surface area contributed by atoms with Gasteiger partial charge in [-0.25, -0.2) is 0 Å². The highest BCUT2D eigenvalue weighted by Gasteiger charge is 2.35. The zero-order valence-electron chi connectivity index (χ0n) is 10.9. The summed E-state index contributed by atoms with van der Waals surface area (Å²) in [6.45, 7) is 1.07. The van der Waals surface area contributed by atoms with Crippen molar-refractivity contribution in [3.05, 3.63) is 0 Å². The molecule has 3 rings (SSSR count). The van der Waals surface area contributed by atoms with Crippen LogP contribution >= 0.6 is 0 Å². The van der Waals surface area contributed by atoms with Gasteiger partial charge in [0.25, 0.3) is 0 Å². The Labute approximate surface area is 107 Å². The Kier molecular flexibility index (Phi) is 2.93. The van der Waals surface area contributed by atoms with Crippen LogP contribution < -0.4 is 15.0 Å². The molecule has 98 valence electrons. The standard InChI is InChI=1S/C12H19N5O/c1-13-10-14-11(16-12(15-10)18-2)17(9-5-6-9)7-8-3-4-8/h8-9H,3-7H2,1-2H3,(H,13,14,15,16). The van der Waals surface area contributed by atoms with E-state index >= 15 is 0 Å². The summed E-state index contributed by atoms with van der Waals surface area (Å²) < 4.78 is 5.14. The maximum absolute atomic E-state index is 5.14. The van der Waals surface area contributed by atoms with Crippen LogP contribution in [0.1, 0.15) is 25.7 Å². The molecule has 1 aromatic rings. The third-order valence-corrected chi connectivity index (χ3v) is 3.41. The predicted octanol–water partition coefficient (Wildman–Crippen LogP) is 1.30. The van der Waals surface area contributed by atoms with Crippen LogP contribution in [-0.2, 0) is 0 Å². The Morgan fingerprint density at radius 3 is 2.56 bits per heavy atom. The molecule has 6 heteroatoms. The molecule has 1 N–H and O–H groups in total. The van der Waals surface area contributed by atoms with Crippen molar-refractivity contribution in [2.45, 2.75) is 31.7 Å².